The van der Waals surface area contributed by atoms with E-state index in [4.69, 9.17) is 0 Å². The van der Waals surface area contributed by atoms with E-state index in [1.54, 1.807) is 0 Å². The lowest BCUT2D eigenvalue weighted by Gasteiger charge is -2.25. The van der Waals surface area contributed by atoms with E-state index in [0.29, 0.717) is 11.5 Å². The van der Waals surface area contributed by atoms with Gasteiger partial charge in [-0.25, -0.2) is 4.98 Å². The molecule has 0 aliphatic heterocycles. The van der Waals surface area contributed by atoms with E-state index in [1.165, 1.54) is 17.5 Å². The highest BCUT2D eigenvalue weighted by Gasteiger charge is 2.17. The number of pyridine rings is 1. The predicted molar refractivity (Wildman–Crippen MR) is 90.5 cm³/mol. The molecule has 0 saturated heterocycles. The molecule has 0 spiro atoms. The van der Waals surface area contributed by atoms with Gasteiger partial charge in [-0.15, -0.1) is 0 Å². The summed E-state index contributed by atoms with van der Waals surface area (Å²) in [6, 6.07) is 15.0. The van der Waals surface area contributed by atoms with Crippen molar-refractivity contribution in [1.82, 2.24) is 4.98 Å². The average molecular weight is 282 g/mol. The van der Waals surface area contributed by atoms with Crippen molar-refractivity contribution in [3.05, 3.63) is 59.8 Å². The summed E-state index contributed by atoms with van der Waals surface area (Å²) >= 11 is 0. The molecule has 1 aromatic heterocycles. The van der Waals surface area contributed by atoms with Crippen molar-refractivity contribution in [3.63, 3.8) is 0 Å². The molecular weight excluding hydrogens is 256 g/mol. The average Bonchev–Trinajstić information content (AvgIpc) is 2.45. The Balaban J connectivity index is 2.18. The van der Waals surface area contributed by atoms with Gasteiger partial charge in [-0.1, -0.05) is 57.2 Å². The van der Waals surface area contributed by atoms with Crippen molar-refractivity contribution in [2.45, 2.75) is 46.6 Å². The first kappa shape index (κ1) is 15.6. The molecule has 2 aromatic rings. The third-order valence-corrected chi connectivity index (χ3v) is 3.71. The second kappa shape index (κ2) is 6.75. The van der Waals surface area contributed by atoms with Crippen LogP contribution in [-0.2, 0) is 0 Å². The van der Waals surface area contributed by atoms with Gasteiger partial charge in [-0.3, -0.25) is 0 Å². The molecule has 0 aliphatic rings. The Bertz CT molecular complexity index is 555. The first-order valence-corrected chi connectivity index (χ1v) is 7.69. The smallest absolute Gasteiger partial charge is 0.129 e. The Kier molecular flexibility index (Phi) is 5.00. The van der Waals surface area contributed by atoms with Gasteiger partial charge in [-0.2, -0.15) is 0 Å². The zero-order valence-corrected chi connectivity index (χ0v) is 13.6. The Morgan fingerprint density at radius 3 is 2.38 bits per heavy atom. The summed E-state index contributed by atoms with van der Waals surface area (Å²) in [7, 11) is 0. The number of hydrogen-bond acceptors (Lipinski definition) is 2. The number of rotatable bonds is 5. The fourth-order valence-electron chi connectivity index (χ4n) is 2.39. The maximum Gasteiger partial charge on any atom is 0.129 e. The van der Waals surface area contributed by atoms with Gasteiger partial charge in [0.2, 0.25) is 0 Å². The summed E-state index contributed by atoms with van der Waals surface area (Å²) in [6.45, 7) is 8.98. The van der Waals surface area contributed by atoms with Crippen molar-refractivity contribution < 1.29 is 0 Å². The quantitative estimate of drug-likeness (QED) is 0.797. The van der Waals surface area contributed by atoms with Crippen molar-refractivity contribution >= 4 is 5.82 Å². The molecule has 0 aliphatic carbocycles. The van der Waals surface area contributed by atoms with Crippen molar-refractivity contribution in [2.24, 2.45) is 5.41 Å². The molecule has 1 aromatic carbocycles. The summed E-state index contributed by atoms with van der Waals surface area (Å²) in [5.41, 5.74) is 2.86. The van der Waals surface area contributed by atoms with Crippen LogP contribution >= 0.6 is 0 Å². The molecule has 112 valence electrons. The van der Waals surface area contributed by atoms with Gasteiger partial charge in [0.25, 0.3) is 0 Å². The van der Waals surface area contributed by atoms with Crippen LogP contribution in [0, 0.1) is 12.3 Å². The van der Waals surface area contributed by atoms with E-state index in [0.717, 1.165) is 12.2 Å². The molecule has 2 nitrogen and oxygen atoms in total. The van der Waals surface area contributed by atoms with Gasteiger partial charge in [0.15, 0.2) is 0 Å². The number of anilines is 1. The summed E-state index contributed by atoms with van der Waals surface area (Å²) in [5.74, 6) is 0.986. The van der Waals surface area contributed by atoms with Crippen molar-refractivity contribution in [3.8, 4) is 0 Å². The minimum absolute atomic E-state index is 0.305. The van der Waals surface area contributed by atoms with E-state index in [9.17, 15) is 0 Å². The van der Waals surface area contributed by atoms with Crippen LogP contribution in [0.1, 0.15) is 50.8 Å². The zero-order valence-electron chi connectivity index (χ0n) is 13.6. The van der Waals surface area contributed by atoms with E-state index in [2.05, 4.69) is 74.4 Å². The predicted octanol–water partition coefficient (Wildman–Crippen LogP) is 5.37. The Morgan fingerprint density at radius 1 is 1.05 bits per heavy atom. The molecule has 0 fully saturated rings. The summed E-state index contributed by atoms with van der Waals surface area (Å²) in [6.07, 6.45) is 4.12. The van der Waals surface area contributed by atoms with Gasteiger partial charge in [0, 0.05) is 6.20 Å². The van der Waals surface area contributed by atoms with E-state index in [1.807, 2.05) is 12.3 Å². The SMILES string of the molecule is Cc1cccnc1NC(CCC(C)(C)C)c1ccccc1. The van der Waals surface area contributed by atoms with Gasteiger partial charge in [0.05, 0.1) is 6.04 Å². The van der Waals surface area contributed by atoms with Crippen LogP contribution in [0.2, 0.25) is 0 Å². The molecule has 1 heterocycles. The number of aryl methyl sites for hydroxylation is 1. The minimum Gasteiger partial charge on any atom is -0.363 e. The lowest BCUT2D eigenvalue weighted by Crippen LogP contribution is -2.16. The Hall–Kier alpha value is -1.83. The van der Waals surface area contributed by atoms with Crippen molar-refractivity contribution in [2.75, 3.05) is 5.32 Å². The molecule has 1 N–H and O–H groups in total. The number of benzene rings is 1. The highest BCUT2D eigenvalue weighted by Crippen LogP contribution is 2.30. The molecule has 21 heavy (non-hydrogen) atoms. The van der Waals surface area contributed by atoms with Gasteiger partial charge in [-0.05, 0) is 42.4 Å². The molecule has 0 bridgehead atoms. The van der Waals surface area contributed by atoms with Crippen LogP contribution in [0.3, 0.4) is 0 Å². The Morgan fingerprint density at radius 2 is 1.76 bits per heavy atom. The number of nitrogens with one attached hydrogen (secondary N) is 1. The minimum atomic E-state index is 0.305. The fraction of sp³-hybridized carbons (Fsp3) is 0.421. The number of hydrogen-bond donors (Lipinski definition) is 1. The second-order valence-corrected chi connectivity index (χ2v) is 6.88. The highest BCUT2D eigenvalue weighted by molar-refractivity contribution is 5.45. The van der Waals surface area contributed by atoms with Crippen LogP contribution in [0.4, 0.5) is 5.82 Å². The van der Waals surface area contributed by atoms with Crippen LogP contribution in [-0.4, -0.2) is 4.98 Å². The van der Waals surface area contributed by atoms with Gasteiger partial charge < -0.3 is 5.32 Å². The van der Waals surface area contributed by atoms with Crippen LogP contribution in [0.25, 0.3) is 0 Å². The standard InChI is InChI=1S/C19H26N2/c1-15-9-8-14-20-18(15)21-17(12-13-19(2,3)4)16-10-6-5-7-11-16/h5-11,14,17H,12-13H2,1-4H3,(H,20,21). The number of aromatic nitrogens is 1. The molecule has 0 saturated carbocycles. The van der Waals surface area contributed by atoms with Crippen LogP contribution in [0.5, 0.6) is 0 Å². The molecule has 2 rings (SSSR count). The maximum absolute atomic E-state index is 4.48. The molecule has 0 radical (unpaired) electrons. The third kappa shape index (κ3) is 4.89. The Labute approximate surface area is 128 Å². The highest BCUT2D eigenvalue weighted by atomic mass is 15.0. The maximum atomic E-state index is 4.48. The molecule has 1 unspecified atom stereocenters. The lowest BCUT2D eigenvalue weighted by atomic mass is 9.87. The molecular formula is C19H26N2. The monoisotopic (exact) mass is 282 g/mol. The first-order chi connectivity index (χ1) is 9.96. The zero-order chi connectivity index (χ0) is 15.3. The van der Waals surface area contributed by atoms with Gasteiger partial charge >= 0.3 is 0 Å². The van der Waals surface area contributed by atoms with E-state index >= 15 is 0 Å². The lowest BCUT2D eigenvalue weighted by molar-refractivity contribution is 0.354. The summed E-state index contributed by atoms with van der Waals surface area (Å²) in [5, 5.41) is 3.63. The van der Waals surface area contributed by atoms with Crippen LogP contribution < -0.4 is 5.32 Å². The summed E-state index contributed by atoms with van der Waals surface area (Å²) in [4.78, 5) is 4.48. The van der Waals surface area contributed by atoms with Crippen LogP contribution in [0.15, 0.2) is 48.7 Å². The summed E-state index contributed by atoms with van der Waals surface area (Å²) < 4.78 is 0. The number of nitrogens with zero attached hydrogens (tertiary/aromatic N) is 1. The van der Waals surface area contributed by atoms with Crippen molar-refractivity contribution in [1.29, 1.82) is 0 Å². The largest absolute Gasteiger partial charge is 0.363 e. The molecule has 2 heteroatoms. The fourth-order valence-corrected chi connectivity index (χ4v) is 2.39. The van der Waals surface area contributed by atoms with E-state index in [-0.39, 0.29) is 0 Å². The first-order valence-electron chi connectivity index (χ1n) is 7.69. The normalized spacial score (nSPS) is 13.0. The van der Waals surface area contributed by atoms with E-state index < -0.39 is 0 Å². The second-order valence-electron chi connectivity index (χ2n) is 6.88. The molecule has 0 amide bonds. The van der Waals surface area contributed by atoms with Gasteiger partial charge in [0.1, 0.15) is 5.82 Å². The third-order valence-electron chi connectivity index (χ3n) is 3.71. The topological polar surface area (TPSA) is 24.9 Å². The molecule has 1 atom stereocenters.